The SMILES string of the molecule is Cc1cc(C(O)(c2ccc3c(c2)OC(F)(F)C(F)(F)O3)C(F)(F)F)ccc1N. The Balaban J connectivity index is 2.17. The van der Waals surface area contributed by atoms with Gasteiger partial charge in [-0.25, -0.2) is 0 Å². The van der Waals surface area contributed by atoms with Crippen LogP contribution in [0.5, 0.6) is 11.5 Å². The minimum absolute atomic E-state index is 0.164. The largest absolute Gasteiger partial charge is 0.507 e. The van der Waals surface area contributed by atoms with E-state index in [0.29, 0.717) is 18.2 Å². The second-order valence-corrected chi connectivity index (χ2v) is 6.18. The Bertz CT molecular complexity index is 929. The molecule has 0 saturated carbocycles. The van der Waals surface area contributed by atoms with Crippen LogP contribution >= 0.6 is 0 Å². The monoisotopic (exact) mass is 411 g/mol. The summed E-state index contributed by atoms with van der Waals surface area (Å²) < 4.78 is 102. The van der Waals surface area contributed by atoms with Crippen LogP contribution in [0.2, 0.25) is 0 Å². The summed E-state index contributed by atoms with van der Waals surface area (Å²) in [5.41, 5.74) is 0.719. The lowest BCUT2D eigenvalue weighted by atomic mass is 9.84. The number of rotatable bonds is 2. The first-order valence-corrected chi connectivity index (χ1v) is 7.63. The maximum absolute atomic E-state index is 13.8. The molecule has 152 valence electrons. The number of hydrogen-bond donors (Lipinski definition) is 2. The summed E-state index contributed by atoms with van der Waals surface area (Å²) in [6.45, 7) is 1.40. The Morgan fingerprint density at radius 3 is 1.89 bits per heavy atom. The van der Waals surface area contributed by atoms with E-state index in [1.807, 2.05) is 0 Å². The smallest absolute Gasteiger partial charge is 0.421 e. The highest BCUT2D eigenvalue weighted by molar-refractivity contribution is 5.53. The molecule has 0 spiro atoms. The second kappa shape index (κ2) is 5.90. The standard InChI is InChI=1S/C17H12F7NO3/c1-8-6-9(2-4-11(8)25)14(26,15(18,19)20)10-3-5-12-13(7-10)28-17(23,24)16(21,22)27-12/h2-7,26H,25H2,1H3. The van der Waals surface area contributed by atoms with Crippen LogP contribution in [-0.4, -0.2) is 23.5 Å². The third-order valence-electron chi connectivity index (χ3n) is 4.27. The molecule has 1 aliphatic heterocycles. The van der Waals surface area contributed by atoms with Crippen molar-refractivity contribution in [3.05, 3.63) is 53.1 Å². The van der Waals surface area contributed by atoms with Crippen molar-refractivity contribution >= 4 is 5.69 Å². The predicted octanol–water partition coefficient (Wildman–Crippen LogP) is 4.33. The van der Waals surface area contributed by atoms with Crippen LogP contribution in [0.25, 0.3) is 0 Å². The van der Waals surface area contributed by atoms with Crippen molar-refractivity contribution in [1.82, 2.24) is 0 Å². The summed E-state index contributed by atoms with van der Waals surface area (Å²) in [5, 5.41) is 10.5. The summed E-state index contributed by atoms with van der Waals surface area (Å²) in [6, 6.07) is 4.60. The van der Waals surface area contributed by atoms with E-state index in [4.69, 9.17) is 5.73 Å². The summed E-state index contributed by atoms with van der Waals surface area (Å²) in [5.74, 6) is -1.99. The Hall–Kier alpha value is -2.69. The first-order valence-electron chi connectivity index (χ1n) is 7.63. The summed E-state index contributed by atoms with van der Waals surface area (Å²) in [4.78, 5) is 0. The lowest BCUT2D eigenvalue weighted by molar-refractivity contribution is -0.391. The number of aliphatic hydroxyl groups is 1. The van der Waals surface area contributed by atoms with Gasteiger partial charge in [0.2, 0.25) is 5.60 Å². The van der Waals surface area contributed by atoms with Crippen LogP contribution < -0.4 is 15.2 Å². The summed E-state index contributed by atoms with van der Waals surface area (Å²) in [7, 11) is 0. The average Bonchev–Trinajstić information content (AvgIpc) is 2.55. The van der Waals surface area contributed by atoms with Crippen molar-refractivity contribution in [1.29, 1.82) is 0 Å². The summed E-state index contributed by atoms with van der Waals surface area (Å²) >= 11 is 0. The Morgan fingerprint density at radius 1 is 0.857 bits per heavy atom. The molecular formula is C17H12F7NO3. The molecule has 3 rings (SSSR count). The zero-order valence-electron chi connectivity index (χ0n) is 14.0. The van der Waals surface area contributed by atoms with Crippen LogP contribution in [0.3, 0.4) is 0 Å². The minimum atomic E-state index is -5.30. The number of aryl methyl sites for hydroxylation is 1. The van der Waals surface area contributed by atoms with Crippen LogP contribution in [0.4, 0.5) is 36.4 Å². The van der Waals surface area contributed by atoms with Crippen LogP contribution in [0.1, 0.15) is 16.7 Å². The fraction of sp³-hybridized carbons (Fsp3) is 0.294. The molecule has 2 aromatic carbocycles. The number of alkyl halides is 7. The van der Waals surface area contributed by atoms with Gasteiger partial charge in [-0.3, -0.25) is 0 Å². The van der Waals surface area contributed by atoms with Gasteiger partial charge in [0.15, 0.2) is 11.5 Å². The molecule has 1 atom stereocenters. The van der Waals surface area contributed by atoms with Crippen LogP contribution in [0.15, 0.2) is 36.4 Å². The van der Waals surface area contributed by atoms with Crippen molar-refractivity contribution in [2.45, 2.75) is 30.9 Å². The van der Waals surface area contributed by atoms with Gasteiger partial charge in [0.25, 0.3) is 0 Å². The fourth-order valence-corrected chi connectivity index (χ4v) is 2.69. The molecule has 28 heavy (non-hydrogen) atoms. The Labute approximate surface area is 153 Å². The van der Waals surface area contributed by atoms with Gasteiger partial charge < -0.3 is 20.3 Å². The normalized spacial score (nSPS) is 19.8. The molecule has 1 unspecified atom stereocenters. The zero-order chi connectivity index (χ0) is 21.1. The highest BCUT2D eigenvalue weighted by Gasteiger charge is 2.66. The highest BCUT2D eigenvalue weighted by Crippen LogP contribution is 2.51. The zero-order valence-corrected chi connectivity index (χ0v) is 14.0. The number of benzene rings is 2. The number of nitrogens with two attached hydrogens (primary N) is 1. The third kappa shape index (κ3) is 2.89. The van der Waals surface area contributed by atoms with Gasteiger partial charge in [-0.15, -0.1) is 0 Å². The first kappa shape index (κ1) is 20.1. The number of halogens is 7. The van der Waals surface area contributed by atoms with Gasteiger partial charge in [-0.1, -0.05) is 18.2 Å². The van der Waals surface area contributed by atoms with Crippen molar-refractivity contribution in [2.75, 3.05) is 5.73 Å². The maximum Gasteiger partial charge on any atom is 0.507 e. The summed E-state index contributed by atoms with van der Waals surface area (Å²) in [6.07, 6.45) is -15.4. The molecule has 0 saturated heterocycles. The van der Waals surface area contributed by atoms with Crippen molar-refractivity contribution in [3.8, 4) is 11.5 Å². The molecule has 4 nitrogen and oxygen atoms in total. The highest BCUT2D eigenvalue weighted by atomic mass is 19.4. The molecule has 0 amide bonds. The molecule has 11 heteroatoms. The number of nitrogen functional groups attached to an aromatic ring is 1. The van der Waals surface area contributed by atoms with Crippen molar-refractivity contribution in [3.63, 3.8) is 0 Å². The van der Waals surface area contributed by atoms with E-state index in [1.54, 1.807) is 0 Å². The van der Waals surface area contributed by atoms with Gasteiger partial charge in [0.1, 0.15) is 0 Å². The number of fused-ring (bicyclic) bond motifs is 1. The lowest BCUT2D eigenvalue weighted by Crippen LogP contribution is -2.52. The van der Waals surface area contributed by atoms with E-state index < -0.39 is 46.6 Å². The van der Waals surface area contributed by atoms with Gasteiger partial charge in [0.05, 0.1) is 0 Å². The van der Waals surface area contributed by atoms with Crippen molar-refractivity contribution in [2.24, 2.45) is 0 Å². The van der Waals surface area contributed by atoms with Gasteiger partial charge >= 0.3 is 18.4 Å². The van der Waals surface area contributed by atoms with E-state index in [1.165, 1.54) is 6.92 Å². The molecule has 1 aliphatic rings. The molecule has 0 bridgehead atoms. The van der Waals surface area contributed by atoms with Crippen molar-refractivity contribution < 1.29 is 45.3 Å². The fourth-order valence-electron chi connectivity index (χ4n) is 2.69. The third-order valence-corrected chi connectivity index (χ3v) is 4.27. The van der Waals surface area contributed by atoms with Gasteiger partial charge in [-0.05, 0) is 36.2 Å². The molecule has 2 aromatic rings. The van der Waals surface area contributed by atoms with E-state index in [-0.39, 0.29) is 11.3 Å². The average molecular weight is 411 g/mol. The maximum atomic E-state index is 13.8. The van der Waals surface area contributed by atoms with E-state index >= 15 is 0 Å². The number of ether oxygens (including phenoxy) is 2. The molecule has 0 radical (unpaired) electrons. The molecule has 0 aromatic heterocycles. The Morgan fingerprint density at radius 2 is 1.36 bits per heavy atom. The van der Waals surface area contributed by atoms with E-state index in [2.05, 4.69) is 9.47 Å². The molecule has 0 aliphatic carbocycles. The second-order valence-electron chi connectivity index (χ2n) is 6.18. The van der Waals surface area contributed by atoms with Gasteiger partial charge in [-0.2, -0.15) is 30.7 Å². The minimum Gasteiger partial charge on any atom is -0.421 e. The quantitative estimate of drug-likeness (QED) is 0.570. The van der Waals surface area contributed by atoms with E-state index in [9.17, 15) is 35.8 Å². The first-order chi connectivity index (χ1) is 12.7. The molecular weight excluding hydrogens is 399 g/mol. The van der Waals surface area contributed by atoms with Crippen LogP contribution in [-0.2, 0) is 5.60 Å². The Kier molecular flexibility index (Phi) is 4.23. The van der Waals surface area contributed by atoms with Gasteiger partial charge in [0, 0.05) is 11.3 Å². The predicted molar refractivity (Wildman–Crippen MR) is 82.2 cm³/mol. The van der Waals surface area contributed by atoms with E-state index in [0.717, 1.165) is 18.2 Å². The van der Waals surface area contributed by atoms with Crippen LogP contribution in [0, 0.1) is 6.92 Å². The topological polar surface area (TPSA) is 64.7 Å². The number of anilines is 1. The molecule has 3 N–H and O–H groups in total. The molecule has 1 heterocycles. The molecule has 0 fully saturated rings. The number of hydrogen-bond acceptors (Lipinski definition) is 4. The lowest BCUT2D eigenvalue weighted by Gasteiger charge is -2.35.